The number of nitrogens with one attached hydrogen (secondary N) is 1. The number of nitrogens with two attached hydrogens (primary N) is 1. The molecule has 0 rings (SSSR count). The van der Waals surface area contributed by atoms with Crippen LogP contribution in [0.2, 0.25) is 0 Å². The maximum absolute atomic E-state index is 8.14. The maximum atomic E-state index is 8.14. The van der Waals surface area contributed by atoms with Crippen LogP contribution < -0.4 is 11.1 Å². The second-order valence-electron chi connectivity index (χ2n) is 3.48. The Bertz CT molecular complexity index is 129. The highest BCUT2D eigenvalue weighted by Crippen LogP contribution is 2.07. The fourth-order valence-electron chi connectivity index (χ4n) is 0.850. The van der Waals surface area contributed by atoms with E-state index in [0.717, 1.165) is 25.8 Å². The summed E-state index contributed by atoms with van der Waals surface area (Å²) >= 11 is 0. The van der Waals surface area contributed by atoms with E-state index in [1.807, 2.05) is 20.0 Å². The summed E-state index contributed by atoms with van der Waals surface area (Å²) in [6, 6.07) is 0. The molecule has 3 nitrogen and oxygen atoms in total. The summed E-state index contributed by atoms with van der Waals surface area (Å²) in [5.41, 5.74) is 5.70. The standard InChI is InChI=1S/C8H17N3/c1-8(2,10)5-3-4-6-11-7-9/h11H,3-6,10H2,1-2H3. The van der Waals surface area contributed by atoms with E-state index in [2.05, 4.69) is 5.32 Å². The zero-order chi connectivity index (χ0) is 8.74. The molecule has 11 heavy (non-hydrogen) atoms. The monoisotopic (exact) mass is 155 g/mol. The van der Waals surface area contributed by atoms with Crippen molar-refractivity contribution >= 4 is 0 Å². The molecule has 0 aliphatic rings. The van der Waals surface area contributed by atoms with Crippen LogP contribution in [0.3, 0.4) is 0 Å². The summed E-state index contributed by atoms with van der Waals surface area (Å²) in [5.74, 6) is 0. The van der Waals surface area contributed by atoms with Crippen molar-refractivity contribution in [3.05, 3.63) is 0 Å². The van der Waals surface area contributed by atoms with Gasteiger partial charge < -0.3 is 11.1 Å². The Morgan fingerprint density at radius 3 is 2.55 bits per heavy atom. The van der Waals surface area contributed by atoms with Gasteiger partial charge >= 0.3 is 0 Å². The molecule has 0 radical (unpaired) electrons. The van der Waals surface area contributed by atoms with Gasteiger partial charge in [0.15, 0.2) is 6.19 Å². The van der Waals surface area contributed by atoms with Crippen molar-refractivity contribution in [3.8, 4) is 6.19 Å². The third-order valence-electron chi connectivity index (χ3n) is 1.45. The Balaban J connectivity index is 3.10. The Hall–Kier alpha value is -0.750. The molecule has 0 fully saturated rings. The first-order chi connectivity index (χ1) is 5.06. The minimum absolute atomic E-state index is 0.0629. The highest BCUT2D eigenvalue weighted by molar-refractivity contribution is 4.72. The summed E-state index contributed by atoms with van der Waals surface area (Å²) in [7, 11) is 0. The van der Waals surface area contributed by atoms with E-state index in [-0.39, 0.29) is 5.54 Å². The third-order valence-corrected chi connectivity index (χ3v) is 1.45. The zero-order valence-electron chi connectivity index (χ0n) is 7.35. The second-order valence-corrected chi connectivity index (χ2v) is 3.48. The molecule has 0 heterocycles. The SMILES string of the molecule is CC(C)(N)CCCCNC#N. The highest BCUT2D eigenvalue weighted by Gasteiger charge is 2.08. The van der Waals surface area contributed by atoms with E-state index in [0.29, 0.717) is 0 Å². The van der Waals surface area contributed by atoms with Crippen LogP contribution in [-0.2, 0) is 0 Å². The molecule has 3 N–H and O–H groups in total. The van der Waals surface area contributed by atoms with Gasteiger partial charge in [-0.05, 0) is 33.1 Å². The molecular formula is C8H17N3. The first-order valence-corrected chi connectivity index (χ1v) is 3.97. The normalized spacial score (nSPS) is 10.7. The fraction of sp³-hybridized carbons (Fsp3) is 0.875. The van der Waals surface area contributed by atoms with E-state index in [9.17, 15) is 0 Å². The Labute approximate surface area is 68.6 Å². The summed E-state index contributed by atoms with van der Waals surface area (Å²) < 4.78 is 0. The molecule has 0 bridgehead atoms. The molecular weight excluding hydrogens is 138 g/mol. The molecule has 0 aliphatic heterocycles. The van der Waals surface area contributed by atoms with E-state index >= 15 is 0 Å². The van der Waals surface area contributed by atoms with Crippen molar-refractivity contribution < 1.29 is 0 Å². The molecule has 0 aromatic heterocycles. The molecule has 0 saturated heterocycles. The number of nitriles is 1. The first kappa shape index (κ1) is 10.2. The molecule has 0 unspecified atom stereocenters. The topological polar surface area (TPSA) is 61.8 Å². The van der Waals surface area contributed by atoms with Gasteiger partial charge in [0.1, 0.15) is 0 Å². The lowest BCUT2D eigenvalue weighted by Gasteiger charge is -2.17. The lowest BCUT2D eigenvalue weighted by atomic mass is 9.99. The summed E-state index contributed by atoms with van der Waals surface area (Å²) in [5, 5.41) is 10.7. The molecule has 0 atom stereocenters. The molecule has 0 saturated carbocycles. The predicted octanol–water partition coefficient (Wildman–Crippen LogP) is 0.965. The van der Waals surface area contributed by atoms with Gasteiger partial charge in [0.05, 0.1) is 0 Å². The third kappa shape index (κ3) is 9.25. The van der Waals surface area contributed by atoms with Gasteiger partial charge in [0.25, 0.3) is 0 Å². The summed E-state index contributed by atoms with van der Waals surface area (Å²) in [4.78, 5) is 0. The van der Waals surface area contributed by atoms with E-state index < -0.39 is 0 Å². The summed E-state index contributed by atoms with van der Waals surface area (Å²) in [6.07, 6.45) is 5.00. The van der Waals surface area contributed by atoms with Crippen molar-refractivity contribution in [2.24, 2.45) is 5.73 Å². The van der Waals surface area contributed by atoms with Gasteiger partial charge in [-0.25, -0.2) is 0 Å². The van der Waals surface area contributed by atoms with E-state index in [1.165, 1.54) is 0 Å². The van der Waals surface area contributed by atoms with Crippen LogP contribution in [0.1, 0.15) is 33.1 Å². The molecule has 0 aliphatic carbocycles. The zero-order valence-corrected chi connectivity index (χ0v) is 7.35. The lowest BCUT2D eigenvalue weighted by molar-refractivity contribution is 0.449. The predicted molar refractivity (Wildman–Crippen MR) is 45.7 cm³/mol. The number of hydrogen-bond acceptors (Lipinski definition) is 3. The van der Waals surface area contributed by atoms with Gasteiger partial charge in [-0.15, -0.1) is 0 Å². The van der Waals surface area contributed by atoms with Crippen LogP contribution in [0.4, 0.5) is 0 Å². The van der Waals surface area contributed by atoms with Gasteiger partial charge in [-0.1, -0.05) is 0 Å². The van der Waals surface area contributed by atoms with Gasteiger partial charge in [0.2, 0.25) is 0 Å². The van der Waals surface area contributed by atoms with Crippen molar-refractivity contribution in [2.45, 2.75) is 38.6 Å². The van der Waals surface area contributed by atoms with Crippen molar-refractivity contribution in [2.75, 3.05) is 6.54 Å². The summed E-state index contributed by atoms with van der Waals surface area (Å²) in [6.45, 7) is 4.81. The molecule has 0 aromatic rings. The van der Waals surface area contributed by atoms with Crippen LogP contribution in [0, 0.1) is 11.5 Å². The fourth-order valence-corrected chi connectivity index (χ4v) is 0.850. The molecule has 0 amide bonds. The Morgan fingerprint density at radius 2 is 2.09 bits per heavy atom. The second kappa shape index (κ2) is 4.97. The molecule has 0 spiro atoms. The van der Waals surface area contributed by atoms with E-state index in [1.54, 1.807) is 0 Å². The Kier molecular flexibility index (Phi) is 4.64. The van der Waals surface area contributed by atoms with Crippen LogP contribution in [0.5, 0.6) is 0 Å². The van der Waals surface area contributed by atoms with Crippen LogP contribution in [0.15, 0.2) is 0 Å². The van der Waals surface area contributed by atoms with Gasteiger partial charge in [-0.2, -0.15) is 5.26 Å². The minimum Gasteiger partial charge on any atom is -0.326 e. The van der Waals surface area contributed by atoms with Crippen LogP contribution in [0.25, 0.3) is 0 Å². The average Bonchev–Trinajstić information content (AvgIpc) is 1.85. The van der Waals surface area contributed by atoms with Crippen molar-refractivity contribution in [1.82, 2.24) is 5.32 Å². The largest absolute Gasteiger partial charge is 0.326 e. The number of hydrogen-bond donors (Lipinski definition) is 2. The van der Waals surface area contributed by atoms with Crippen LogP contribution in [-0.4, -0.2) is 12.1 Å². The van der Waals surface area contributed by atoms with Crippen molar-refractivity contribution in [1.29, 1.82) is 5.26 Å². The average molecular weight is 155 g/mol. The minimum atomic E-state index is -0.0629. The van der Waals surface area contributed by atoms with Gasteiger partial charge in [0, 0.05) is 12.1 Å². The smallest absolute Gasteiger partial charge is 0.176 e. The van der Waals surface area contributed by atoms with Crippen LogP contribution >= 0.6 is 0 Å². The maximum Gasteiger partial charge on any atom is 0.176 e. The quantitative estimate of drug-likeness (QED) is 0.353. The Morgan fingerprint density at radius 1 is 1.45 bits per heavy atom. The van der Waals surface area contributed by atoms with E-state index in [4.69, 9.17) is 11.0 Å². The highest BCUT2D eigenvalue weighted by atomic mass is 14.8. The molecule has 64 valence electrons. The first-order valence-electron chi connectivity index (χ1n) is 3.97. The van der Waals surface area contributed by atoms with Crippen molar-refractivity contribution in [3.63, 3.8) is 0 Å². The lowest BCUT2D eigenvalue weighted by Crippen LogP contribution is -2.31. The molecule has 3 heteroatoms. The molecule has 0 aromatic carbocycles. The number of unbranched alkanes of at least 4 members (excludes halogenated alkanes) is 1. The number of nitrogens with zero attached hydrogens (tertiary/aromatic N) is 1. The number of rotatable bonds is 5. The van der Waals surface area contributed by atoms with Gasteiger partial charge in [-0.3, -0.25) is 0 Å².